The first-order chi connectivity index (χ1) is 7.08. The molecule has 0 fully saturated rings. The van der Waals surface area contributed by atoms with Crippen LogP contribution in [-0.2, 0) is 4.79 Å². The van der Waals surface area contributed by atoms with Crippen molar-refractivity contribution in [2.45, 2.75) is 13.3 Å². The third-order valence-electron chi connectivity index (χ3n) is 1.60. The highest BCUT2D eigenvalue weighted by atomic mass is 32.1. The van der Waals surface area contributed by atoms with Gasteiger partial charge in [-0.2, -0.15) is 0 Å². The molecule has 6 heteroatoms. The average molecular weight is 228 g/mol. The summed E-state index contributed by atoms with van der Waals surface area (Å²) in [5.41, 5.74) is 0. The van der Waals surface area contributed by atoms with Crippen molar-refractivity contribution in [3.63, 3.8) is 0 Å². The molecule has 0 radical (unpaired) electrons. The van der Waals surface area contributed by atoms with Gasteiger partial charge in [0.1, 0.15) is 0 Å². The fourth-order valence-electron chi connectivity index (χ4n) is 0.941. The van der Waals surface area contributed by atoms with Crippen LogP contribution in [-0.4, -0.2) is 23.7 Å². The molecule has 0 aliphatic rings. The molecule has 5 nitrogen and oxygen atoms in total. The number of carboxylic acids is 1. The van der Waals surface area contributed by atoms with E-state index in [1.165, 1.54) is 11.3 Å². The van der Waals surface area contributed by atoms with Gasteiger partial charge >= 0.3 is 12.0 Å². The molecule has 1 rings (SSSR count). The molecule has 3 N–H and O–H groups in total. The highest BCUT2D eigenvalue weighted by molar-refractivity contribution is 7.16. The molecule has 0 unspecified atom stereocenters. The smallest absolute Gasteiger partial charge is 0.319 e. The summed E-state index contributed by atoms with van der Waals surface area (Å²) in [7, 11) is 0. The largest absolute Gasteiger partial charge is 0.481 e. The molecule has 0 saturated carbocycles. The summed E-state index contributed by atoms with van der Waals surface area (Å²) >= 11 is 1.47. The Morgan fingerprint density at radius 3 is 2.73 bits per heavy atom. The molecule has 0 saturated heterocycles. The van der Waals surface area contributed by atoms with E-state index in [2.05, 4.69) is 10.6 Å². The Hall–Kier alpha value is -1.56. The van der Waals surface area contributed by atoms with Gasteiger partial charge in [0.25, 0.3) is 0 Å². The van der Waals surface area contributed by atoms with E-state index in [4.69, 9.17) is 5.11 Å². The Kier molecular flexibility index (Phi) is 4.11. The SMILES string of the molecule is Cc1ccc(NC(=O)NCCC(=O)O)s1. The molecule has 82 valence electrons. The van der Waals surface area contributed by atoms with Crippen LogP contribution in [0.5, 0.6) is 0 Å². The predicted octanol–water partition coefficient (Wildman–Crippen LogP) is 1.65. The van der Waals surface area contributed by atoms with E-state index in [9.17, 15) is 9.59 Å². The number of rotatable bonds is 4. The predicted molar refractivity (Wildman–Crippen MR) is 58.3 cm³/mol. The molecule has 1 aromatic rings. The van der Waals surface area contributed by atoms with Crippen LogP contribution in [0, 0.1) is 6.92 Å². The molecule has 0 spiro atoms. The number of carboxylic acid groups (broad SMARTS) is 1. The van der Waals surface area contributed by atoms with Crippen molar-refractivity contribution in [3.8, 4) is 0 Å². The van der Waals surface area contributed by atoms with Crippen LogP contribution in [0.4, 0.5) is 9.80 Å². The standard InChI is InChI=1S/C9H12N2O3S/c1-6-2-3-7(15-6)11-9(14)10-5-4-8(12)13/h2-3H,4-5H2,1H3,(H,12,13)(H2,10,11,14). The van der Waals surface area contributed by atoms with Gasteiger partial charge in [-0.05, 0) is 19.1 Å². The number of anilines is 1. The zero-order chi connectivity index (χ0) is 11.3. The Morgan fingerprint density at radius 2 is 2.20 bits per heavy atom. The molecular formula is C9H12N2O3S. The minimum Gasteiger partial charge on any atom is -0.481 e. The van der Waals surface area contributed by atoms with Crippen molar-refractivity contribution in [2.24, 2.45) is 0 Å². The van der Waals surface area contributed by atoms with Crippen molar-refractivity contribution in [3.05, 3.63) is 17.0 Å². The fraction of sp³-hybridized carbons (Fsp3) is 0.333. The molecule has 15 heavy (non-hydrogen) atoms. The summed E-state index contributed by atoms with van der Waals surface area (Å²) in [6.07, 6.45) is -0.0725. The Morgan fingerprint density at radius 1 is 1.47 bits per heavy atom. The zero-order valence-corrected chi connectivity index (χ0v) is 9.06. The van der Waals surface area contributed by atoms with Crippen LogP contribution in [0.25, 0.3) is 0 Å². The van der Waals surface area contributed by atoms with Gasteiger partial charge in [-0.25, -0.2) is 4.79 Å². The molecule has 0 atom stereocenters. The molecule has 0 aliphatic heterocycles. The highest BCUT2D eigenvalue weighted by Gasteiger charge is 2.03. The van der Waals surface area contributed by atoms with E-state index >= 15 is 0 Å². The van der Waals surface area contributed by atoms with Crippen molar-refractivity contribution in [1.29, 1.82) is 0 Å². The van der Waals surface area contributed by atoms with Crippen LogP contribution in [0.1, 0.15) is 11.3 Å². The van der Waals surface area contributed by atoms with Gasteiger partial charge in [-0.3, -0.25) is 10.1 Å². The van der Waals surface area contributed by atoms with Gasteiger partial charge in [-0.1, -0.05) is 0 Å². The maximum atomic E-state index is 11.2. The normalized spacial score (nSPS) is 9.67. The summed E-state index contributed by atoms with van der Waals surface area (Å²) in [4.78, 5) is 22.5. The topological polar surface area (TPSA) is 78.4 Å². The van der Waals surface area contributed by atoms with Crippen LogP contribution >= 0.6 is 11.3 Å². The Labute approximate surface area is 91.1 Å². The lowest BCUT2D eigenvalue weighted by molar-refractivity contribution is -0.136. The third-order valence-corrected chi connectivity index (χ3v) is 2.52. The Bertz CT molecular complexity index is 362. The van der Waals surface area contributed by atoms with Crippen LogP contribution in [0.3, 0.4) is 0 Å². The number of carbonyl (C=O) groups excluding carboxylic acids is 1. The van der Waals surface area contributed by atoms with E-state index in [1.807, 2.05) is 13.0 Å². The van der Waals surface area contributed by atoms with Gasteiger partial charge in [0.15, 0.2) is 0 Å². The Balaban J connectivity index is 2.27. The number of nitrogens with one attached hydrogen (secondary N) is 2. The minimum absolute atomic E-state index is 0.0725. The quantitative estimate of drug-likeness (QED) is 0.733. The van der Waals surface area contributed by atoms with E-state index < -0.39 is 5.97 Å². The maximum Gasteiger partial charge on any atom is 0.319 e. The number of urea groups is 1. The van der Waals surface area contributed by atoms with Crippen LogP contribution < -0.4 is 10.6 Å². The molecule has 1 aromatic heterocycles. The number of hydrogen-bond donors (Lipinski definition) is 3. The fourth-order valence-corrected chi connectivity index (χ4v) is 1.70. The van der Waals surface area contributed by atoms with Crippen molar-refractivity contribution >= 4 is 28.3 Å². The highest BCUT2D eigenvalue weighted by Crippen LogP contribution is 2.20. The lowest BCUT2D eigenvalue weighted by Gasteiger charge is -2.03. The van der Waals surface area contributed by atoms with Crippen molar-refractivity contribution in [2.75, 3.05) is 11.9 Å². The average Bonchev–Trinajstić information content (AvgIpc) is 2.50. The monoisotopic (exact) mass is 228 g/mol. The molecular weight excluding hydrogens is 216 g/mol. The number of aryl methyl sites for hydroxylation is 1. The van der Waals surface area contributed by atoms with E-state index in [0.29, 0.717) is 0 Å². The maximum absolute atomic E-state index is 11.2. The lowest BCUT2D eigenvalue weighted by atomic mass is 10.4. The summed E-state index contributed by atoms with van der Waals surface area (Å²) in [5.74, 6) is -0.928. The lowest BCUT2D eigenvalue weighted by Crippen LogP contribution is -2.30. The van der Waals surface area contributed by atoms with Crippen molar-refractivity contribution < 1.29 is 14.7 Å². The molecule has 0 aromatic carbocycles. The first-order valence-corrected chi connectivity index (χ1v) is 5.22. The summed E-state index contributed by atoms with van der Waals surface area (Å²) in [5, 5.41) is 14.2. The minimum atomic E-state index is -0.928. The van der Waals surface area contributed by atoms with E-state index in [0.717, 1.165) is 9.88 Å². The molecule has 1 heterocycles. The number of amides is 2. The van der Waals surface area contributed by atoms with Gasteiger partial charge < -0.3 is 10.4 Å². The summed E-state index contributed by atoms with van der Waals surface area (Å²) < 4.78 is 0. The number of hydrogen-bond acceptors (Lipinski definition) is 3. The van der Waals surface area contributed by atoms with E-state index in [-0.39, 0.29) is 19.0 Å². The number of thiophene rings is 1. The number of aliphatic carboxylic acids is 1. The molecule has 2 amide bonds. The number of carbonyl (C=O) groups is 2. The van der Waals surface area contributed by atoms with Gasteiger partial charge in [0.2, 0.25) is 0 Å². The van der Waals surface area contributed by atoms with Crippen LogP contribution in [0.15, 0.2) is 12.1 Å². The second kappa shape index (κ2) is 5.35. The summed E-state index contributed by atoms with van der Waals surface area (Å²) in [6.45, 7) is 2.07. The first-order valence-electron chi connectivity index (χ1n) is 4.41. The van der Waals surface area contributed by atoms with E-state index in [1.54, 1.807) is 6.07 Å². The second-order valence-corrected chi connectivity index (χ2v) is 4.22. The van der Waals surface area contributed by atoms with Crippen molar-refractivity contribution in [1.82, 2.24) is 5.32 Å². The van der Waals surface area contributed by atoms with Gasteiger partial charge in [0, 0.05) is 11.4 Å². The van der Waals surface area contributed by atoms with Gasteiger partial charge in [-0.15, -0.1) is 11.3 Å². The molecule has 0 aliphatic carbocycles. The van der Waals surface area contributed by atoms with Gasteiger partial charge in [0.05, 0.1) is 11.4 Å². The summed E-state index contributed by atoms with van der Waals surface area (Å²) in [6, 6.07) is 3.33. The second-order valence-electron chi connectivity index (χ2n) is 2.93. The third kappa shape index (κ3) is 4.46. The first kappa shape index (κ1) is 11.5. The zero-order valence-electron chi connectivity index (χ0n) is 8.24. The molecule has 0 bridgehead atoms. The van der Waals surface area contributed by atoms with Crippen LogP contribution in [0.2, 0.25) is 0 Å².